The molecule has 0 aliphatic rings. The number of hydrogen-bond donors (Lipinski definition) is 1. The average Bonchev–Trinajstić information content (AvgIpc) is 2.95. The van der Waals surface area contributed by atoms with Crippen LogP contribution < -0.4 is 4.72 Å². The van der Waals surface area contributed by atoms with E-state index < -0.39 is 10.0 Å². The van der Waals surface area contributed by atoms with Gasteiger partial charge in [-0.05, 0) is 37.6 Å². The summed E-state index contributed by atoms with van der Waals surface area (Å²) in [4.78, 5) is 4.06. The van der Waals surface area contributed by atoms with Crippen LogP contribution in [0.25, 0.3) is 5.69 Å². The molecule has 3 rings (SSSR count). The van der Waals surface area contributed by atoms with Gasteiger partial charge in [0.1, 0.15) is 16.8 Å². The van der Waals surface area contributed by atoms with Gasteiger partial charge in [-0.15, -0.1) is 5.10 Å². The molecule has 0 unspecified atom stereocenters. The van der Waals surface area contributed by atoms with Crippen LogP contribution in [0.1, 0.15) is 17.0 Å². The molecule has 8 heteroatoms. The van der Waals surface area contributed by atoms with E-state index in [1.807, 2.05) is 36.4 Å². The lowest BCUT2D eigenvalue weighted by molar-refractivity contribution is 0.600. The van der Waals surface area contributed by atoms with E-state index in [0.717, 1.165) is 5.69 Å². The Morgan fingerprint density at radius 2 is 1.80 bits per heavy atom. The number of aryl methyl sites for hydroxylation is 2. The Labute approximate surface area is 145 Å². The van der Waals surface area contributed by atoms with E-state index in [9.17, 15) is 13.7 Å². The molecule has 25 heavy (non-hydrogen) atoms. The molecule has 3 aromatic rings. The van der Waals surface area contributed by atoms with Crippen LogP contribution in [0.15, 0.2) is 53.4 Å². The number of benzene rings is 2. The quantitative estimate of drug-likeness (QED) is 0.777. The maximum absolute atomic E-state index is 12.6. The van der Waals surface area contributed by atoms with Crippen LogP contribution in [-0.2, 0) is 10.0 Å². The van der Waals surface area contributed by atoms with Crippen LogP contribution in [0.3, 0.4) is 0 Å². The first-order chi connectivity index (χ1) is 11.9. The highest BCUT2D eigenvalue weighted by molar-refractivity contribution is 7.92. The molecule has 0 aliphatic carbocycles. The van der Waals surface area contributed by atoms with Gasteiger partial charge >= 0.3 is 0 Å². The zero-order valence-corrected chi connectivity index (χ0v) is 14.4. The van der Waals surface area contributed by atoms with Gasteiger partial charge in [0.25, 0.3) is 16.0 Å². The summed E-state index contributed by atoms with van der Waals surface area (Å²) < 4.78 is 29.2. The van der Waals surface area contributed by atoms with Crippen molar-refractivity contribution in [2.75, 3.05) is 4.72 Å². The number of nitrogens with zero attached hydrogens (tertiary/aromatic N) is 4. The Hall–Kier alpha value is -3.18. The molecule has 2 aromatic carbocycles. The van der Waals surface area contributed by atoms with Crippen molar-refractivity contribution >= 4 is 16.0 Å². The molecule has 1 N–H and O–H groups in total. The summed E-state index contributed by atoms with van der Waals surface area (Å²) >= 11 is 0. The van der Waals surface area contributed by atoms with Gasteiger partial charge in [-0.25, -0.2) is 17.8 Å². The number of hydrogen-bond acceptors (Lipinski definition) is 5. The summed E-state index contributed by atoms with van der Waals surface area (Å²) in [6, 6.07) is 15.9. The van der Waals surface area contributed by atoms with Gasteiger partial charge in [0.2, 0.25) is 0 Å². The van der Waals surface area contributed by atoms with Gasteiger partial charge in [0.05, 0.1) is 11.3 Å². The van der Waals surface area contributed by atoms with E-state index in [1.165, 1.54) is 6.07 Å². The van der Waals surface area contributed by atoms with Gasteiger partial charge in [-0.3, -0.25) is 0 Å². The Kier molecular flexibility index (Phi) is 4.25. The van der Waals surface area contributed by atoms with E-state index in [-0.39, 0.29) is 16.4 Å². The van der Waals surface area contributed by atoms with Crippen LogP contribution in [0.4, 0.5) is 5.95 Å². The maximum atomic E-state index is 12.6. The zero-order valence-electron chi connectivity index (χ0n) is 13.6. The second-order valence-corrected chi connectivity index (χ2v) is 7.05. The summed E-state index contributed by atoms with van der Waals surface area (Å²) in [7, 11) is -3.98. The molecule has 0 radical (unpaired) electrons. The Morgan fingerprint density at radius 1 is 1.08 bits per heavy atom. The summed E-state index contributed by atoms with van der Waals surface area (Å²) in [5.74, 6) is 0.486. The lowest BCUT2D eigenvalue weighted by Crippen LogP contribution is -2.16. The van der Waals surface area contributed by atoms with Crippen LogP contribution in [0, 0.1) is 25.2 Å². The molecule has 1 heterocycles. The average molecular weight is 353 g/mol. The monoisotopic (exact) mass is 353 g/mol. The predicted molar refractivity (Wildman–Crippen MR) is 92.8 cm³/mol. The molecule has 0 saturated heterocycles. The summed E-state index contributed by atoms with van der Waals surface area (Å²) in [5, 5.41) is 13.4. The highest BCUT2D eigenvalue weighted by Gasteiger charge is 2.22. The third kappa shape index (κ3) is 3.22. The van der Waals surface area contributed by atoms with Crippen LogP contribution >= 0.6 is 0 Å². The van der Waals surface area contributed by atoms with Crippen molar-refractivity contribution in [3.8, 4) is 11.8 Å². The number of rotatable bonds is 4. The van der Waals surface area contributed by atoms with E-state index in [4.69, 9.17) is 0 Å². The Bertz CT molecular complexity index is 1070. The number of sulfonamides is 1. The molecular formula is C17H15N5O2S. The zero-order chi connectivity index (χ0) is 18.0. The number of nitriles is 1. The van der Waals surface area contributed by atoms with Crippen LogP contribution in [0.2, 0.25) is 0 Å². The first-order valence-corrected chi connectivity index (χ1v) is 8.92. The predicted octanol–water partition coefficient (Wildman–Crippen LogP) is 2.56. The second kappa shape index (κ2) is 6.37. The van der Waals surface area contributed by atoms with Crippen molar-refractivity contribution in [3.05, 3.63) is 65.5 Å². The van der Waals surface area contributed by atoms with Crippen molar-refractivity contribution < 1.29 is 8.42 Å². The minimum atomic E-state index is -3.98. The molecular weight excluding hydrogens is 338 g/mol. The number of anilines is 1. The summed E-state index contributed by atoms with van der Waals surface area (Å²) in [5.41, 5.74) is 1.46. The highest BCUT2D eigenvalue weighted by atomic mass is 32.2. The molecule has 0 fully saturated rings. The van der Waals surface area contributed by atoms with E-state index >= 15 is 0 Å². The van der Waals surface area contributed by atoms with Crippen molar-refractivity contribution in [1.82, 2.24) is 14.8 Å². The first-order valence-electron chi connectivity index (χ1n) is 7.44. The molecule has 7 nitrogen and oxygen atoms in total. The van der Waals surface area contributed by atoms with Gasteiger partial charge in [0, 0.05) is 0 Å². The van der Waals surface area contributed by atoms with E-state index in [1.54, 1.807) is 30.7 Å². The standard InChI is InChI=1S/C17H15N5O2S/c1-12-7-6-10-16(15(12)11-18)25(23,24)21-17-19-13(2)22(20-17)14-8-4-3-5-9-14/h3-10H,1-2H3,(H,20,21). The van der Waals surface area contributed by atoms with Crippen LogP contribution in [0.5, 0.6) is 0 Å². The highest BCUT2D eigenvalue weighted by Crippen LogP contribution is 2.21. The van der Waals surface area contributed by atoms with Crippen molar-refractivity contribution in [1.29, 1.82) is 5.26 Å². The molecule has 0 aliphatic heterocycles. The lowest BCUT2D eigenvalue weighted by Gasteiger charge is -2.08. The molecule has 1 aromatic heterocycles. The van der Waals surface area contributed by atoms with Gasteiger partial charge in [-0.2, -0.15) is 10.2 Å². The van der Waals surface area contributed by atoms with E-state index in [0.29, 0.717) is 11.4 Å². The Balaban J connectivity index is 1.98. The van der Waals surface area contributed by atoms with Gasteiger partial charge in [-0.1, -0.05) is 30.3 Å². The molecule has 0 saturated carbocycles. The summed E-state index contributed by atoms with van der Waals surface area (Å²) in [6.45, 7) is 3.41. The molecule has 0 bridgehead atoms. The van der Waals surface area contributed by atoms with Crippen molar-refractivity contribution in [3.63, 3.8) is 0 Å². The first kappa shape index (κ1) is 16.7. The van der Waals surface area contributed by atoms with Crippen molar-refractivity contribution in [2.45, 2.75) is 18.7 Å². The third-order valence-electron chi connectivity index (χ3n) is 3.63. The fourth-order valence-electron chi connectivity index (χ4n) is 2.43. The minimum Gasteiger partial charge on any atom is -0.246 e. The summed E-state index contributed by atoms with van der Waals surface area (Å²) in [6.07, 6.45) is 0. The SMILES string of the molecule is Cc1cccc(S(=O)(=O)Nc2nc(C)n(-c3ccccc3)n2)c1C#N. The lowest BCUT2D eigenvalue weighted by atomic mass is 10.1. The largest absolute Gasteiger partial charge is 0.265 e. The second-order valence-electron chi connectivity index (χ2n) is 5.40. The number of para-hydroxylation sites is 1. The minimum absolute atomic E-state index is 0.0493. The smallest absolute Gasteiger partial charge is 0.246 e. The topological polar surface area (TPSA) is 101 Å². The normalized spacial score (nSPS) is 11.1. The number of nitrogens with one attached hydrogen (secondary N) is 1. The molecule has 0 atom stereocenters. The maximum Gasteiger partial charge on any atom is 0.265 e. The van der Waals surface area contributed by atoms with Crippen LogP contribution in [-0.4, -0.2) is 23.2 Å². The fourth-order valence-corrected chi connectivity index (χ4v) is 3.60. The third-order valence-corrected chi connectivity index (χ3v) is 5.00. The fraction of sp³-hybridized carbons (Fsp3) is 0.118. The van der Waals surface area contributed by atoms with E-state index in [2.05, 4.69) is 14.8 Å². The molecule has 126 valence electrons. The van der Waals surface area contributed by atoms with Crippen molar-refractivity contribution in [2.24, 2.45) is 0 Å². The van der Waals surface area contributed by atoms with Gasteiger partial charge in [0.15, 0.2) is 0 Å². The van der Waals surface area contributed by atoms with Gasteiger partial charge < -0.3 is 0 Å². The molecule has 0 spiro atoms. The number of aromatic nitrogens is 3. The molecule has 0 amide bonds. The Morgan fingerprint density at radius 3 is 2.48 bits per heavy atom.